The van der Waals surface area contributed by atoms with Gasteiger partial charge in [0.1, 0.15) is 0 Å². The Bertz CT molecular complexity index is 844. The average molecular weight is 310 g/mol. The summed E-state index contributed by atoms with van der Waals surface area (Å²) in [6, 6.07) is 10.2. The molecule has 2 heterocycles. The molecule has 1 aromatic carbocycles. The van der Waals surface area contributed by atoms with Gasteiger partial charge in [0.25, 0.3) is 5.78 Å². The maximum atomic E-state index is 11.9. The number of aryl methyl sites for hydroxylation is 1. The first-order valence-corrected chi connectivity index (χ1v) is 8.24. The highest BCUT2D eigenvalue weighted by atomic mass is 32.2. The van der Waals surface area contributed by atoms with Gasteiger partial charge in [-0.15, -0.1) is 5.10 Å². The van der Waals surface area contributed by atoms with E-state index in [1.165, 1.54) is 5.56 Å². The molecule has 0 amide bonds. The summed E-state index contributed by atoms with van der Waals surface area (Å²) < 4.78 is 1.62. The van der Waals surface area contributed by atoms with E-state index in [2.05, 4.69) is 27.2 Å². The molecular formula is C16H14N4OS. The van der Waals surface area contributed by atoms with Crippen molar-refractivity contribution in [3.05, 3.63) is 53.3 Å². The van der Waals surface area contributed by atoms with Crippen LogP contribution in [0.5, 0.6) is 0 Å². The van der Waals surface area contributed by atoms with Crippen LogP contribution in [0, 0.1) is 0 Å². The number of carbonyl (C=O) groups is 1. The van der Waals surface area contributed by atoms with E-state index in [9.17, 15) is 4.79 Å². The Morgan fingerprint density at radius 1 is 1.14 bits per heavy atom. The summed E-state index contributed by atoms with van der Waals surface area (Å²) in [5, 5.41) is 5.11. The predicted octanol–water partition coefficient (Wildman–Crippen LogP) is 2.94. The van der Waals surface area contributed by atoms with E-state index in [1.54, 1.807) is 22.5 Å². The number of Topliss-reactive ketones (excluding diaryl/α,β-unsaturated/α-hetero) is 1. The fraction of sp³-hybridized carbons (Fsp3) is 0.250. The van der Waals surface area contributed by atoms with Gasteiger partial charge in [-0.05, 0) is 18.4 Å². The number of hydrogen-bond acceptors (Lipinski definition) is 5. The summed E-state index contributed by atoms with van der Waals surface area (Å²) in [5.74, 6) is 1.55. The van der Waals surface area contributed by atoms with Crippen LogP contribution in [-0.4, -0.2) is 25.4 Å². The van der Waals surface area contributed by atoms with Gasteiger partial charge >= 0.3 is 0 Å². The van der Waals surface area contributed by atoms with E-state index >= 15 is 0 Å². The molecule has 5 nitrogen and oxygen atoms in total. The third-order valence-electron chi connectivity index (χ3n) is 3.72. The van der Waals surface area contributed by atoms with Crippen LogP contribution in [0.2, 0.25) is 0 Å². The van der Waals surface area contributed by atoms with Crippen LogP contribution < -0.4 is 0 Å². The second-order valence-electron chi connectivity index (χ2n) is 5.29. The van der Waals surface area contributed by atoms with Crippen molar-refractivity contribution in [1.29, 1.82) is 0 Å². The predicted molar refractivity (Wildman–Crippen MR) is 84.1 cm³/mol. The highest BCUT2D eigenvalue weighted by Crippen LogP contribution is 2.22. The largest absolute Gasteiger partial charge is 0.294 e. The van der Waals surface area contributed by atoms with Crippen molar-refractivity contribution in [1.82, 2.24) is 19.6 Å². The highest BCUT2D eigenvalue weighted by Gasteiger charge is 2.20. The van der Waals surface area contributed by atoms with Crippen molar-refractivity contribution in [3.63, 3.8) is 0 Å². The topological polar surface area (TPSA) is 60.2 Å². The van der Waals surface area contributed by atoms with E-state index in [4.69, 9.17) is 0 Å². The van der Waals surface area contributed by atoms with Crippen LogP contribution in [0.1, 0.15) is 34.5 Å². The van der Waals surface area contributed by atoms with Gasteiger partial charge in [0.2, 0.25) is 5.16 Å². The molecule has 0 aliphatic heterocycles. The second-order valence-corrected chi connectivity index (χ2v) is 6.23. The number of rotatable bonds is 3. The quantitative estimate of drug-likeness (QED) is 0.696. The van der Waals surface area contributed by atoms with Crippen LogP contribution in [-0.2, 0) is 12.2 Å². The van der Waals surface area contributed by atoms with Crippen molar-refractivity contribution in [2.75, 3.05) is 0 Å². The van der Waals surface area contributed by atoms with Gasteiger partial charge in [0, 0.05) is 18.4 Å². The van der Waals surface area contributed by atoms with Crippen molar-refractivity contribution >= 4 is 23.3 Å². The highest BCUT2D eigenvalue weighted by molar-refractivity contribution is 7.98. The minimum Gasteiger partial charge on any atom is -0.294 e. The lowest BCUT2D eigenvalue weighted by Gasteiger charge is -2.12. The zero-order chi connectivity index (χ0) is 14.9. The third kappa shape index (κ3) is 2.50. The van der Waals surface area contributed by atoms with Crippen LogP contribution in [0.3, 0.4) is 0 Å². The summed E-state index contributed by atoms with van der Waals surface area (Å²) in [4.78, 5) is 20.9. The number of aromatic nitrogens is 4. The molecule has 0 spiro atoms. The zero-order valence-corrected chi connectivity index (χ0v) is 12.7. The molecule has 3 aromatic rings. The molecule has 0 fully saturated rings. The summed E-state index contributed by atoms with van der Waals surface area (Å²) in [6.45, 7) is 0. The minimum absolute atomic E-state index is 0.157. The molecule has 1 aliphatic rings. The Morgan fingerprint density at radius 2 is 2.00 bits per heavy atom. The van der Waals surface area contributed by atoms with Gasteiger partial charge in [-0.1, -0.05) is 42.1 Å². The van der Waals surface area contributed by atoms with Crippen LogP contribution in [0.25, 0.3) is 5.78 Å². The number of thioether (sulfide) groups is 1. The molecule has 0 saturated carbocycles. The SMILES string of the molecule is O=C1CCCc2nc3nc(SCc4ccccc4)nn3cc21. The number of ketones is 1. The fourth-order valence-electron chi connectivity index (χ4n) is 2.59. The summed E-state index contributed by atoms with van der Waals surface area (Å²) in [5.41, 5.74) is 2.79. The molecule has 6 heteroatoms. The Balaban J connectivity index is 1.62. The molecule has 110 valence electrons. The van der Waals surface area contributed by atoms with Crippen molar-refractivity contribution in [2.24, 2.45) is 0 Å². The van der Waals surface area contributed by atoms with E-state index in [-0.39, 0.29) is 5.78 Å². The Labute approximate surface area is 131 Å². The number of fused-ring (bicyclic) bond motifs is 2. The minimum atomic E-state index is 0.157. The molecule has 0 unspecified atom stereocenters. The number of benzene rings is 1. The zero-order valence-electron chi connectivity index (χ0n) is 11.9. The van der Waals surface area contributed by atoms with E-state index < -0.39 is 0 Å². The van der Waals surface area contributed by atoms with E-state index in [0.29, 0.717) is 22.9 Å². The molecule has 4 rings (SSSR count). The number of hydrogen-bond donors (Lipinski definition) is 0. The molecular weight excluding hydrogens is 296 g/mol. The second kappa shape index (κ2) is 5.53. The van der Waals surface area contributed by atoms with Gasteiger partial charge < -0.3 is 0 Å². The third-order valence-corrected chi connectivity index (χ3v) is 4.63. The van der Waals surface area contributed by atoms with Gasteiger partial charge in [0.15, 0.2) is 5.78 Å². The first kappa shape index (κ1) is 13.5. The first-order chi connectivity index (χ1) is 10.8. The fourth-order valence-corrected chi connectivity index (χ4v) is 3.37. The van der Waals surface area contributed by atoms with Gasteiger partial charge in [-0.3, -0.25) is 4.79 Å². The van der Waals surface area contributed by atoms with Gasteiger partial charge in [-0.25, -0.2) is 9.50 Å². The molecule has 0 N–H and O–H groups in total. The smallest absolute Gasteiger partial charge is 0.253 e. The Morgan fingerprint density at radius 3 is 2.86 bits per heavy atom. The number of carbonyl (C=O) groups excluding carboxylic acids is 1. The lowest BCUT2D eigenvalue weighted by Crippen LogP contribution is -2.14. The molecule has 1 aliphatic carbocycles. The van der Waals surface area contributed by atoms with Crippen LogP contribution in [0.4, 0.5) is 0 Å². The normalized spacial score (nSPS) is 14.3. The number of nitrogens with zero attached hydrogens (tertiary/aromatic N) is 4. The van der Waals surface area contributed by atoms with E-state index in [1.807, 2.05) is 18.2 Å². The van der Waals surface area contributed by atoms with Crippen LogP contribution in [0.15, 0.2) is 41.7 Å². The monoisotopic (exact) mass is 310 g/mol. The molecule has 0 saturated heterocycles. The maximum absolute atomic E-state index is 11.9. The Hall–Kier alpha value is -2.21. The van der Waals surface area contributed by atoms with Gasteiger partial charge in [-0.2, -0.15) is 4.98 Å². The Kier molecular flexibility index (Phi) is 3.38. The average Bonchev–Trinajstić information content (AvgIpc) is 2.94. The molecule has 2 aromatic heterocycles. The van der Waals surface area contributed by atoms with Crippen molar-refractivity contribution in [2.45, 2.75) is 30.2 Å². The standard InChI is InChI=1S/C16H14N4OS/c21-14-8-4-7-13-12(14)9-20-15(17-13)18-16(19-20)22-10-11-5-2-1-3-6-11/h1-3,5-6,9H,4,7-8,10H2. The first-order valence-electron chi connectivity index (χ1n) is 7.26. The molecule has 0 bridgehead atoms. The van der Waals surface area contributed by atoms with Gasteiger partial charge in [0.05, 0.1) is 11.3 Å². The maximum Gasteiger partial charge on any atom is 0.253 e. The lowest BCUT2D eigenvalue weighted by atomic mass is 9.96. The summed E-state index contributed by atoms with van der Waals surface area (Å²) in [7, 11) is 0. The van der Waals surface area contributed by atoms with Crippen molar-refractivity contribution < 1.29 is 4.79 Å². The molecule has 22 heavy (non-hydrogen) atoms. The molecule has 0 radical (unpaired) electrons. The lowest BCUT2D eigenvalue weighted by molar-refractivity contribution is 0.0971. The van der Waals surface area contributed by atoms with E-state index in [0.717, 1.165) is 24.3 Å². The van der Waals surface area contributed by atoms with Crippen LogP contribution >= 0.6 is 11.8 Å². The summed E-state index contributed by atoms with van der Waals surface area (Å²) in [6.07, 6.45) is 4.10. The van der Waals surface area contributed by atoms with Crippen molar-refractivity contribution in [3.8, 4) is 0 Å². The summed E-state index contributed by atoms with van der Waals surface area (Å²) >= 11 is 1.57. The molecule has 0 atom stereocenters.